The third-order valence-electron chi connectivity index (χ3n) is 3.12. The molecule has 1 aromatic heterocycles. The van der Waals surface area contributed by atoms with E-state index < -0.39 is 0 Å². The fourth-order valence-electron chi connectivity index (χ4n) is 2.33. The Bertz CT molecular complexity index is 337. The zero-order chi connectivity index (χ0) is 10.8. The van der Waals surface area contributed by atoms with Gasteiger partial charge >= 0.3 is 0 Å². The third-order valence-corrected chi connectivity index (χ3v) is 3.12. The molecule has 4 nitrogen and oxygen atoms in total. The van der Waals surface area contributed by atoms with Gasteiger partial charge in [-0.1, -0.05) is 6.92 Å². The van der Waals surface area contributed by atoms with Crippen LogP contribution in [0, 0.1) is 0 Å². The number of hydrogen-bond donors (Lipinski definition) is 1. The van der Waals surface area contributed by atoms with E-state index in [4.69, 9.17) is 5.73 Å². The van der Waals surface area contributed by atoms with E-state index >= 15 is 0 Å². The van der Waals surface area contributed by atoms with E-state index in [1.54, 1.807) is 0 Å². The molecule has 1 saturated heterocycles. The van der Waals surface area contributed by atoms with E-state index in [0.29, 0.717) is 0 Å². The first-order valence-electron chi connectivity index (χ1n) is 5.80. The van der Waals surface area contributed by atoms with Crippen molar-refractivity contribution in [3.05, 3.63) is 5.69 Å². The first-order chi connectivity index (χ1) is 7.24. The van der Waals surface area contributed by atoms with Gasteiger partial charge in [0, 0.05) is 20.1 Å². The van der Waals surface area contributed by atoms with Gasteiger partial charge in [0.2, 0.25) is 0 Å². The minimum atomic E-state index is 0.877. The highest BCUT2D eigenvalue weighted by Gasteiger charge is 2.19. The van der Waals surface area contributed by atoms with Crippen LogP contribution in [-0.2, 0) is 13.5 Å². The number of aryl methyl sites for hydroxylation is 2. The molecule has 1 aliphatic rings. The minimum Gasteiger partial charge on any atom is -0.394 e. The number of nitrogen functional groups attached to an aromatic ring is 1. The molecule has 1 aliphatic heterocycles. The number of hydrogen-bond acceptors (Lipinski definition) is 3. The van der Waals surface area contributed by atoms with Crippen molar-refractivity contribution in [1.29, 1.82) is 0 Å². The topological polar surface area (TPSA) is 47.1 Å². The molecule has 0 aliphatic carbocycles. The lowest BCUT2D eigenvalue weighted by Gasteiger charge is -2.28. The summed E-state index contributed by atoms with van der Waals surface area (Å²) in [5, 5.41) is 4.45. The molecule has 0 aromatic carbocycles. The zero-order valence-corrected chi connectivity index (χ0v) is 9.66. The van der Waals surface area contributed by atoms with Crippen molar-refractivity contribution in [2.75, 3.05) is 23.7 Å². The van der Waals surface area contributed by atoms with Crippen LogP contribution in [0.3, 0.4) is 0 Å². The van der Waals surface area contributed by atoms with Gasteiger partial charge in [0.15, 0.2) is 0 Å². The van der Waals surface area contributed by atoms with E-state index in [-0.39, 0.29) is 0 Å². The number of nitrogens with zero attached hydrogens (tertiary/aromatic N) is 3. The molecule has 1 fully saturated rings. The molecule has 0 bridgehead atoms. The Morgan fingerprint density at radius 3 is 2.47 bits per heavy atom. The van der Waals surface area contributed by atoms with Crippen molar-refractivity contribution in [3.8, 4) is 0 Å². The van der Waals surface area contributed by atoms with Crippen molar-refractivity contribution in [2.24, 2.45) is 7.05 Å². The van der Waals surface area contributed by atoms with Gasteiger partial charge in [-0.25, -0.2) is 0 Å². The monoisotopic (exact) mass is 208 g/mol. The first kappa shape index (κ1) is 10.3. The molecule has 2 rings (SSSR count). The molecule has 84 valence electrons. The van der Waals surface area contributed by atoms with E-state index in [9.17, 15) is 0 Å². The van der Waals surface area contributed by atoms with Gasteiger partial charge in [-0.2, -0.15) is 5.10 Å². The maximum absolute atomic E-state index is 6.12. The van der Waals surface area contributed by atoms with Gasteiger partial charge < -0.3 is 10.6 Å². The molecule has 0 amide bonds. The predicted molar refractivity (Wildman–Crippen MR) is 63.1 cm³/mol. The van der Waals surface area contributed by atoms with Crippen LogP contribution in [0.5, 0.6) is 0 Å². The summed E-state index contributed by atoms with van der Waals surface area (Å²) in [4.78, 5) is 2.37. The van der Waals surface area contributed by atoms with E-state index in [1.807, 2.05) is 11.7 Å². The summed E-state index contributed by atoms with van der Waals surface area (Å²) < 4.78 is 1.93. The van der Waals surface area contributed by atoms with Crippen LogP contribution in [-0.4, -0.2) is 22.9 Å². The maximum Gasteiger partial charge on any atom is 0.150 e. The summed E-state index contributed by atoms with van der Waals surface area (Å²) in [7, 11) is 1.99. The van der Waals surface area contributed by atoms with Crippen molar-refractivity contribution >= 4 is 11.5 Å². The van der Waals surface area contributed by atoms with Crippen molar-refractivity contribution in [2.45, 2.75) is 32.6 Å². The molecule has 1 aromatic rings. The molecule has 0 saturated carbocycles. The Hall–Kier alpha value is -1.19. The van der Waals surface area contributed by atoms with Gasteiger partial charge in [-0.3, -0.25) is 4.68 Å². The van der Waals surface area contributed by atoms with Crippen LogP contribution in [0.25, 0.3) is 0 Å². The van der Waals surface area contributed by atoms with Gasteiger partial charge in [-0.15, -0.1) is 0 Å². The second-order valence-corrected chi connectivity index (χ2v) is 4.21. The summed E-state index contributed by atoms with van der Waals surface area (Å²) in [5.74, 6) is 1.12. The van der Waals surface area contributed by atoms with Crippen LogP contribution >= 0.6 is 0 Å². The highest BCUT2D eigenvalue weighted by atomic mass is 15.4. The second kappa shape index (κ2) is 4.13. The van der Waals surface area contributed by atoms with Crippen LogP contribution < -0.4 is 10.6 Å². The molecular weight excluding hydrogens is 188 g/mol. The Labute approximate surface area is 91.1 Å². The van der Waals surface area contributed by atoms with Gasteiger partial charge in [0.25, 0.3) is 0 Å². The van der Waals surface area contributed by atoms with Crippen molar-refractivity contribution < 1.29 is 0 Å². The average Bonchev–Trinajstić information content (AvgIpc) is 2.55. The number of nitrogens with two attached hydrogens (primary N) is 1. The number of piperidine rings is 1. The normalized spacial score (nSPS) is 17.1. The van der Waals surface area contributed by atoms with Crippen LogP contribution in [0.2, 0.25) is 0 Å². The molecule has 15 heavy (non-hydrogen) atoms. The lowest BCUT2D eigenvalue weighted by Crippen LogP contribution is -2.31. The molecule has 2 heterocycles. The quantitative estimate of drug-likeness (QED) is 0.802. The third kappa shape index (κ3) is 1.80. The molecule has 0 atom stereocenters. The average molecular weight is 208 g/mol. The predicted octanol–water partition coefficient (Wildman–Crippen LogP) is 1.55. The number of aromatic nitrogens is 2. The number of rotatable bonds is 2. The lowest BCUT2D eigenvalue weighted by molar-refractivity contribution is 0.561. The minimum absolute atomic E-state index is 0.877. The first-order valence-corrected chi connectivity index (χ1v) is 5.80. The van der Waals surface area contributed by atoms with Crippen molar-refractivity contribution in [3.63, 3.8) is 0 Å². The SMILES string of the molecule is CCc1nn(C)c(N2CCCCC2)c1N. The second-order valence-electron chi connectivity index (χ2n) is 4.21. The Balaban J connectivity index is 2.29. The highest BCUT2D eigenvalue weighted by Crippen LogP contribution is 2.28. The summed E-state index contributed by atoms with van der Waals surface area (Å²) in [6.07, 6.45) is 4.79. The van der Waals surface area contributed by atoms with Crippen LogP contribution in [0.15, 0.2) is 0 Å². The van der Waals surface area contributed by atoms with E-state index in [1.165, 1.54) is 19.3 Å². The van der Waals surface area contributed by atoms with Gasteiger partial charge in [-0.05, 0) is 25.7 Å². The summed E-state index contributed by atoms with van der Waals surface area (Å²) in [5.41, 5.74) is 8.02. The van der Waals surface area contributed by atoms with Gasteiger partial charge in [0.1, 0.15) is 5.82 Å². The Kier molecular flexibility index (Phi) is 2.84. The molecule has 2 N–H and O–H groups in total. The van der Waals surface area contributed by atoms with Crippen molar-refractivity contribution in [1.82, 2.24) is 9.78 Å². The fourth-order valence-corrected chi connectivity index (χ4v) is 2.33. The summed E-state index contributed by atoms with van der Waals surface area (Å²) in [6, 6.07) is 0. The smallest absolute Gasteiger partial charge is 0.150 e. The highest BCUT2D eigenvalue weighted by molar-refractivity contribution is 5.66. The Morgan fingerprint density at radius 2 is 1.93 bits per heavy atom. The van der Waals surface area contributed by atoms with Crippen LogP contribution in [0.1, 0.15) is 31.9 Å². The maximum atomic E-state index is 6.12. The molecule has 0 unspecified atom stereocenters. The fraction of sp³-hybridized carbons (Fsp3) is 0.727. The zero-order valence-electron chi connectivity index (χ0n) is 9.66. The largest absolute Gasteiger partial charge is 0.394 e. The van der Waals surface area contributed by atoms with Crippen LogP contribution in [0.4, 0.5) is 11.5 Å². The Morgan fingerprint density at radius 1 is 1.27 bits per heavy atom. The molecule has 0 radical (unpaired) electrons. The summed E-state index contributed by atoms with van der Waals surface area (Å²) >= 11 is 0. The molecule has 0 spiro atoms. The lowest BCUT2D eigenvalue weighted by atomic mass is 10.1. The van der Waals surface area contributed by atoms with E-state index in [2.05, 4.69) is 16.9 Å². The molecular formula is C11H20N4. The number of anilines is 2. The van der Waals surface area contributed by atoms with Gasteiger partial charge in [0.05, 0.1) is 11.4 Å². The summed E-state index contributed by atoms with van der Waals surface area (Å²) in [6.45, 7) is 4.33. The standard InChI is InChI=1S/C11H20N4/c1-3-9-10(12)11(14(2)13-9)15-7-5-4-6-8-15/h3-8,12H2,1-2H3. The molecule has 4 heteroatoms. The van der Waals surface area contributed by atoms with E-state index in [0.717, 1.165) is 36.7 Å².